The normalized spacial score (nSPS) is 15.7. The second-order valence-corrected chi connectivity index (χ2v) is 5.60. The van der Waals surface area contributed by atoms with Gasteiger partial charge in [0.1, 0.15) is 0 Å². The van der Waals surface area contributed by atoms with E-state index in [0.29, 0.717) is 19.3 Å². The molecule has 0 saturated heterocycles. The molecule has 2 aromatic rings. The minimum absolute atomic E-state index is 0.107. The molecule has 1 aliphatic carbocycles. The summed E-state index contributed by atoms with van der Waals surface area (Å²) in [6, 6.07) is 15.7. The zero-order chi connectivity index (χ0) is 14.9. The highest BCUT2D eigenvalue weighted by molar-refractivity contribution is 5.85. The highest BCUT2D eigenvalue weighted by Crippen LogP contribution is 2.49. The molecule has 0 atom stereocenters. The van der Waals surface area contributed by atoms with Gasteiger partial charge in [0.25, 0.3) is 0 Å². The highest BCUT2D eigenvalue weighted by atomic mass is 16.4. The molecule has 0 heterocycles. The molecule has 0 spiro atoms. The molecule has 0 aromatic heterocycles. The molecule has 1 fully saturated rings. The second-order valence-electron chi connectivity index (χ2n) is 5.60. The van der Waals surface area contributed by atoms with Crippen LogP contribution in [-0.2, 0) is 16.6 Å². The molecule has 2 N–H and O–H groups in total. The van der Waals surface area contributed by atoms with Crippen LogP contribution in [0, 0.1) is 0 Å². The van der Waals surface area contributed by atoms with Crippen LogP contribution in [0.5, 0.6) is 0 Å². The van der Waals surface area contributed by atoms with Crippen molar-refractivity contribution in [1.82, 2.24) is 0 Å². The van der Waals surface area contributed by atoms with Crippen LogP contribution in [0.15, 0.2) is 48.5 Å². The third-order valence-corrected chi connectivity index (χ3v) is 4.28. The molecule has 0 aliphatic heterocycles. The first-order valence-electron chi connectivity index (χ1n) is 7.20. The third kappa shape index (κ3) is 2.45. The maximum absolute atomic E-state index is 11.5. The third-order valence-electron chi connectivity index (χ3n) is 4.28. The number of carboxylic acids is 1. The average Bonchev–Trinajstić information content (AvgIpc) is 3.30. The van der Waals surface area contributed by atoms with Gasteiger partial charge in [-0.2, -0.15) is 0 Å². The van der Waals surface area contributed by atoms with E-state index < -0.39 is 11.4 Å². The van der Waals surface area contributed by atoms with Crippen molar-refractivity contribution in [3.05, 3.63) is 59.7 Å². The molecule has 21 heavy (non-hydrogen) atoms. The summed E-state index contributed by atoms with van der Waals surface area (Å²) in [5, 5.41) is 18.6. The average molecular weight is 282 g/mol. The molecule has 0 radical (unpaired) electrons. The summed E-state index contributed by atoms with van der Waals surface area (Å²) in [6.45, 7) is 0.107. The van der Waals surface area contributed by atoms with E-state index in [0.717, 1.165) is 22.3 Å². The van der Waals surface area contributed by atoms with Crippen molar-refractivity contribution in [2.75, 3.05) is 6.61 Å². The molecule has 108 valence electrons. The predicted molar refractivity (Wildman–Crippen MR) is 81.2 cm³/mol. The minimum Gasteiger partial charge on any atom is -0.481 e. The summed E-state index contributed by atoms with van der Waals surface area (Å²) in [4.78, 5) is 11.5. The summed E-state index contributed by atoms with van der Waals surface area (Å²) in [5.41, 5.74) is 3.37. The molecule has 0 bridgehead atoms. The molecule has 0 unspecified atom stereocenters. The Hall–Kier alpha value is -2.13. The van der Waals surface area contributed by atoms with Crippen LogP contribution >= 0.6 is 0 Å². The van der Waals surface area contributed by atoms with E-state index >= 15 is 0 Å². The van der Waals surface area contributed by atoms with Gasteiger partial charge in [-0.1, -0.05) is 42.5 Å². The molecule has 3 nitrogen and oxygen atoms in total. The van der Waals surface area contributed by atoms with E-state index in [1.165, 1.54) is 0 Å². The molecule has 0 amide bonds. The van der Waals surface area contributed by atoms with Crippen LogP contribution in [0.4, 0.5) is 0 Å². The van der Waals surface area contributed by atoms with Crippen molar-refractivity contribution in [2.45, 2.75) is 24.7 Å². The molecule has 1 aliphatic rings. The van der Waals surface area contributed by atoms with Gasteiger partial charge in [-0.25, -0.2) is 0 Å². The lowest BCUT2D eigenvalue weighted by Crippen LogP contribution is -2.19. The summed E-state index contributed by atoms with van der Waals surface area (Å²) in [5.74, 6) is -0.733. The van der Waals surface area contributed by atoms with E-state index in [4.69, 9.17) is 0 Å². The van der Waals surface area contributed by atoms with Crippen molar-refractivity contribution >= 4 is 5.97 Å². The summed E-state index contributed by atoms with van der Waals surface area (Å²) in [7, 11) is 0. The fourth-order valence-corrected chi connectivity index (χ4v) is 2.88. The number of hydrogen-bond donors (Lipinski definition) is 2. The van der Waals surface area contributed by atoms with Crippen molar-refractivity contribution in [1.29, 1.82) is 0 Å². The number of aliphatic hydroxyl groups excluding tert-OH is 1. The molecule has 3 heteroatoms. The quantitative estimate of drug-likeness (QED) is 0.886. The predicted octanol–water partition coefficient (Wildman–Crippen LogP) is 3.00. The van der Waals surface area contributed by atoms with Crippen LogP contribution in [0.3, 0.4) is 0 Å². The molecule has 1 saturated carbocycles. The van der Waals surface area contributed by atoms with Gasteiger partial charge < -0.3 is 10.2 Å². The Labute approximate surface area is 123 Å². The van der Waals surface area contributed by atoms with E-state index in [1.807, 2.05) is 48.5 Å². The minimum atomic E-state index is -0.733. The fourth-order valence-electron chi connectivity index (χ4n) is 2.88. The van der Waals surface area contributed by atoms with Crippen LogP contribution in [0.2, 0.25) is 0 Å². The number of aliphatic carboxylic acids is 1. The topological polar surface area (TPSA) is 57.5 Å². The van der Waals surface area contributed by atoms with Gasteiger partial charge >= 0.3 is 5.97 Å². The summed E-state index contributed by atoms with van der Waals surface area (Å²) in [6.07, 6.45) is 2.03. The van der Waals surface area contributed by atoms with Gasteiger partial charge in [0.15, 0.2) is 0 Å². The SMILES string of the molecule is O=C(O)C1(c2cccc(-c3ccccc3CCO)c2)CC1. The van der Waals surface area contributed by atoms with E-state index in [9.17, 15) is 15.0 Å². The second kappa shape index (κ2) is 5.34. The molecular weight excluding hydrogens is 264 g/mol. The summed E-state index contributed by atoms with van der Waals surface area (Å²) >= 11 is 0. The smallest absolute Gasteiger partial charge is 0.314 e. The van der Waals surface area contributed by atoms with Crippen LogP contribution in [0.1, 0.15) is 24.0 Å². The fraction of sp³-hybridized carbons (Fsp3) is 0.278. The zero-order valence-electron chi connectivity index (χ0n) is 11.7. The number of benzene rings is 2. The summed E-state index contributed by atoms with van der Waals surface area (Å²) < 4.78 is 0. The number of aliphatic hydroxyl groups is 1. The van der Waals surface area contributed by atoms with Gasteiger partial charge in [-0.15, -0.1) is 0 Å². The van der Waals surface area contributed by atoms with Gasteiger partial charge in [0.05, 0.1) is 5.41 Å². The van der Waals surface area contributed by atoms with E-state index in [2.05, 4.69) is 0 Å². The maximum Gasteiger partial charge on any atom is 0.314 e. The number of rotatable bonds is 5. The lowest BCUT2D eigenvalue weighted by atomic mass is 9.91. The Balaban J connectivity index is 2.03. The Bertz CT molecular complexity index is 672. The monoisotopic (exact) mass is 282 g/mol. The van der Waals surface area contributed by atoms with E-state index in [1.54, 1.807) is 0 Å². The van der Waals surface area contributed by atoms with Crippen molar-refractivity contribution in [3.63, 3.8) is 0 Å². The largest absolute Gasteiger partial charge is 0.481 e. The molecule has 3 rings (SSSR count). The van der Waals surface area contributed by atoms with Gasteiger partial charge in [-0.3, -0.25) is 4.79 Å². The first-order chi connectivity index (χ1) is 10.2. The molecule has 2 aromatic carbocycles. The maximum atomic E-state index is 11.5. The highest BCUT2D eigenvalue weighted by Gasteiger charge is 2.51. The van der Waals surface area contributed by atoms with Crippen LogP contribution in [0.25, 0.3) is 11.1 Å². The first kappa shape index (κ1) is 13.8. The van der Waals surface area contributed by atoms with Crippen molar-refractivity contribution in [2.24, 2.45) is 0 Å². The Morgan fingerprint density at radius 2 is 1.86 bits per heavy atom. The Kier molecular flexibility index (Phi) is 3.52. The lowest BCUT2D eigenvalue weighted by Gasteiger charge is -2.14. The Morgan fingerprint density at radius 3 is 2.52 bits per heavy atom. The van der Waals surface area contributed by atoms with E-state index in [-0.39, 0.29) is 6.61 Å². The Morgan fingerprint density at radius 1 is 1.10 bits per heavy atom. The number of carboxylic acid groups (broad SMARTS) is 1. The van der Waals surface area contributed by atoms with Gasteiger partial charge in [0, 0.05) is 6.61 Å². The number of carbonyl (C=O) groups is 1. The van der Waals surface area contributed by atoms with Gasteiger partial charge in [-0.05, 0) is 47.6 Å². The van der Waals surface area contributed by atoms with Crippen molar-refractivity contribution < 1.29 is 15.0 Å². The van der Waals surface area contributed by atoms with Crippen LogP contribution < -0.4 is 0 Å². The zero-order valence-corrected chi connectivity index (χ0v) is 11.7. The van der Waals surface area contributed by atoms with Gasteiger partial charge in [0.2, 0.25) is 0 Å². The first-order valence-corrected chi connectivity index (χ1v) is 7.20. The van der Waals surface area contributed by atoms with Crippen LogP contribution in [-0.4, -0.2) is 22.8 Å². The lowest BCUT2D eigenvalue weighted by molar-refractivity contribution is -0.140. The van der Waals surface area contributed by atoms with Crippen molar-refractivity contribution in [3.8, 4) is 11.1 Å². The number of hydrogen-bond acceptors (Lipinski definition) is 2. The standard InChI is InChI=1S/C18H18O3/c19-11-8-13-4-1-2-7-16(13)14-5-3-6-15(12-14)18(9-10-18)17(20)21/h1-7,12,19H,8-11H2,(H,20,21). The molecular formula is C18H18O3.